The molecule has 0 unspecified atom stereocenters. The maximum atomic E-state index is 3.92. The number of hydrogen-bond acceptors (Lipinski definition) is 2. The van der Waals surface area contributed by atoms with Gasteiger partial charge in [-0.3, -0.25) is 4.98 Å². The molecule has 0 saturated heterocycles. The molecule has 0 fully saturated rings. The maximum absolute atomic E-state index is 3.92. The van der Waals surface area contributed by atoms with E-state index in [1.54, 1.807) is 23.0 Å². The molecule has 1 heterocycles. The van der Waals surface area contributed by atoms with Gasteiger partial charge in [-0.1, -0.05) is 25.7 Å². The van der Waals surface area contributed by atoms with Crippen LogP contribution >= 0.6 is 11.3 Å². The minimum absolute atomic E-state index is 0.446. The highest BCUT2D eigenvalue weighted by molar-refractivity contribution is 7.10. The van der Waals surface area contributed by atoms with Gasteiger partial charge < -0.3 is 0 Å². The monoisotopic (exact) mass is 151 g/mol. The van der Waals surface area contributed by atoms with Crippen molar-refractivity contribution >= 4 is 11.3 Å². The van der Waals surface area contributed by atoms with Crippen LogP contribution in [0.25, 0.3) is 0 Å². The Morgan fingerprint density at radius 3 is 2.90 bits per heavy atom. The smallest absolute Gasteiger partial charge is 0.0966 e. The molecule has 52 valence electrons. The van der Waals surface area contributed by atoms with E-state index in [1.807, 2.05) is 0 Å². The lowest BCUT2D eigenvalue weighted by Crippen LogP contribution is -1.76. The van der Waals surface area contributed by atoms with Crippen LogP contribution in [0.15, 0.2) is 11.7 Å². The fourth-order valence-corrected chi connectivity index (χ4v) is 0.968. The molecule has 0 aliphatic carbocycles. The molecule has 0 radical (unpaired) electrons. The van der Waals surface area contributed by atoms with E-state index in [4.69, 9.17) is 0 Å². The molecular weight excluding hydrogens is 142 g/mol. The molecule has 1 aromatic rings. The predicted octanol–water partition coefficient (Wildman–Crippen LogP) is 2.15. The lowest BCUT2D eigenvalue weighted by atomic mass is 10.2. The van der Waals surface area contributed by atoms with Crippen molar-refractivity contribution < 1.29 is 0 Å². The second-order valence-electron chi connectivity index (χ2n) is 2.29. The van der Waals surface area contributed by atoms with E-state index < -0.39 is 0 Å². The standard InChI is InChI=1S/C8H9NS/c1-7(2)3-4-8-5-9-6-10-8/h5-7H,1-2H3. The Morgan fingerprint density at radius 1 is 1.60 bits per heavy atom. The molecule has 0 atom stereocenters. The Kier molecular flexibility index (Phi) is 2.47. The second-order valence-corrected chi connectivity index (χ2v) is 3.18. The topological polar surface area (TPSA) is 12.9 Å². The quantitative estimate of drug-likeness (QED) is 0.518. The first-order valence-electron chi connectivity index (χ1n) is 3.19. The SMILES string of the molecule is CC(C)C#Cc1cncs1. The van der Waals surface area contributed by atoms with E-state index in [0.29, 0.717) is 5.92 Å². The van der Waals surface area contributed by atoms with Crippen molar-refractivity contribution in [3.63, 3.8) is 0 Å². The summed E-state index contributed by atoms with van der Waals surface area (Å²) in [6, 6.07) is 0. The average Bonchev–Trinajstić information content (AvgIpc) is 2.34. The molecule has 1 rings (SSSR count). The van der Waals surface area contributed by atoms with E-state index in [-0.39, 0.29) is 0 Å². The van der Waals surface area contributed by atoms with Crippen molar-refractivity contribution in [2.45, 2.75) is 13.8 Å². The molecule has 0 bridgehead atoms. The fraction of sp³-hybridized carbons (Fsp3) is 0.375. The van der Waals surface area contributed by atoms with Crippen LogP contribution in [0.2, 0.25) is 0 Å². The van der Waals surface area contributed by atoms with Crippen LogP contribution in [-0.2, 0) is 0 Å². The molecule has 0 aromatic carbocycles. The van der Waals surface area contributed by atoms with Gasteiger partial charge in [0.15, 0.2) is 0 Å². The van der Waals surface area contributed by atoms with Gasteiger partial charge in [0.2, 0.25) is 0 Å². The van der Waals surface area contributed by atoms with Gasteiger partial charge in [-0.15, -0.1) is 11.3 Å². The van der Waals surface area contributed by atoms with E-state index in [9.17, 15) is 0 Å². The summed E-state index contributed by atoms with van der Waals surface area (Å²) in [7, 11) is 0. The van der Waals surface area contributed by atoms with Gasteiger partial charge in [-0.25, -0.2) is 0 Å². The van der Waals surface area contributed by atoms with E-state index >= 15 is 0 Å². The number of rotatable bonds is 0. The zero-order chi connectivity index (χ0) is 7.40. The van der Waals surface area contributed by atoms with Crippen LogP contribution in [0.3, 0.4) is 0 Å². The zero-order valence-corrected chi connectivity index (χ0v) is 6.90. The van der Waals surface area contributed by atoms with Crippen LogP contribution in [-0.4, -0.2) is 4.98 Å². The summed E-state index contributed by atoms with van der Waals surface area (Å²) < 4.78 is 0. The van der Waals surface area contributed by atoms with Crippen LogP contribution in [0.1, 0.15) is 18.7 Å². The third-order valence-corrected chi connectivity index (χ3v) is 1.60. The summed E-state index contributed by atoms with van der Waals surface area (Å²) in [6.45, 7) is 4.15. The van der Waals surface area contributed by atoms with Crippen LogP contribution in [0, 0.1) is 17.8 Å². The fourth-order valence-electron chi connectivity index (χ4n) is 0.493. The summed E-state index contributed by atoms with van der Waals surface area (Å²) in [5.41, 5.74) is 1.80. The molecule has 0 spiro atoms. The highest BCUT2D eigenvalue weighted by Gasteiger charge is 1.86. The summed E-state index contributed by atoms with van der Waals surface area (Å²) >= 11 is 1.58. The third kappa shape index (κ3) is 2.20. The molecule has 0 aliphatic rings. The number of thiazole rings is 1. The van der Waals surface area contributed by atoms with Gasteiger partial charge in [0.25, 0.3) is 0 Å². The molecule has 0 aliphatic heterocycles. The Bertz CT molecular complexity index is 238. The predicted molar refractivity (Wildman–Crippen MR) is 43.8 cm³/mol. The van der Waals surface area contributed by atoms with Crippen molar-refractivity contribution in [2.75, 3.05) is 0 Å². The molecule has 0 saturated carbocycles. The molecule has 1 nitrogen and oxygen atoms in total. The molecule has 10 heavy (non-hydrogen) atoms. The first-order chi connectivity index (χ1) is 4.79. The van der Waals surface area contributed by atoms with Crippen molar-refractivity contribution in [1.29, 1.82) is 0 Å². The first-order valence-corrected chi connectivity index (χ1v) is 4.07. The molecule has 0 amide bonds. The Balaban J connectivity index is 2.66. The van der Waals surface area contributed by atoms with E-state index in [0.717, 1.165) is 4.88 Å². The van der Waals surface area contributed by atoms with Gasteiger partial charge in [0.1, 0.15) is 0 Å². The van der Waals surface area contributed by atoms with Crippen LogP contribution in [0.4, 0.5) is 0 Å². The van der Waals surface area contributed by atoms with E-state index in [1.165, 1.54) is 0 Å². The van der Waals surface area contributed by atoms with Gasteiger partial charge >= 0.3 is 0 Å². The van der Waals surface area contributed by atoms with Gasteiger partial charge in [-0.2, -0.15) is 0 Å². The third-order valence-electron chi connectivity index (χ3n) is 0.916. The number of nitrogens with zero attached hydrogens (tertiary/aromatic N) is 1. The summed E-state index contributed by atoms with van der Waals surface area (Å²) in [5, 5.41) is 0. The van der Waals surface area contributed by atoms with Crippen molar-refractivity contribution in [1.82, 2.24) is 4.98 Å². The molecule has 1 aromatic heterocycles. The van der Waals surface area contributed by atoms with Crippen LogP contribution in [0.5, 0.6) is 0 Å². The zero-order valence-electron chi connectivity index (χ0n) is 6.09. The highest BCUT2D eigenvalue weighted by Crippen LogP contribution is 2.02. The van der Waals surface area contributed by atoms with Gasteiger partial charge in [0.05, 0.1) is 16.6 Å². The van der Waals surface area contributed by atoms with Crippen molar-refractivity contribution in [2.24, 2.45) is 5.92 Å². The van der Waals surface area contributed by atoms with Crippen LogP contribution < -0.4 is 0 Å². The van der Waals surface area contributed by atoms with Gasteiger partial charge in [0, 0.05) is 5.92 Å². The first kappa shape index (κ1) is 7.30. The van der Waals surface area contributed by atoms with Gasteiger partial charge in [-0.05, 0) is 0 Å². The minimum Gasteiger partial charge on any atom is -0.252 e. The Morgan fingerprint density at radius 2 is 2.40 bits per heavy atom. The minimum atomic E-state index is 0.446. The molecular formula is C8H9NS. The summed E-state index contributed by atoms with van der Waals surface area (Å²) in [6.07, 6.45) is 1.79. The number of hydrogen-bond donors (Lipinski definition) is 0. The second kappa shape index (κ2) is 3.38. The Hall–Kier alpha value is -0.810. The van der Waals surface area contributed by atoms with E-state index in [2.05, 4.69) is 30.7 Å². The largest absolute Gasteiger partial charge is 0.252 e. The average molecular weight is 151 g/mol. The number of aromatic nitrogens is 1. The summed E-state index contributed by atoms with van der Waals surface area (Å²) in [4.78, 5) is 4.97. The maximum Gasteiger partial charge on any atom is 0.0966 e. The normalized spacial score (nSPS) is 9.10. The lowest BCUT2D eigenvalue weighted by molar-refractivity contribution is 0.867. The Labute approximate surface area is 65.1 Å². The van der Waals surface area contributed by atoms with Crippen molar-refractivity contribution in [3.8, 4) is 11.8 Å². The molecule has 0 N–H and O–H groups in total. The lowest BCUT2D eigenvalue weighted by Gasteiger charge is -1.84. The highest BCUT2D eigenvalue weighted by atomic mass is 32.1. The van der Waals surface area contributed by atoms with Crippen molar-refractivity contribution in [3.05, 3.63) is 16.6 Å². The summed E-state index contributed by atoms with van der Waals surface area (Å²) in [5.74, 6) is 6.54. The molecule has 2 heteroatoms.